The second-order valence-corrected chi connectivity index (χ2v) is 5.88. The maximum Gasteiger partial charge on any atom is 0.308 e. The third kappa shape index (κ3) is 3.10. The lowest BCUT2D eigenvalue weighted by molar-refractivity contribution is -0.148. The van der Waals surface area contributed by atoms with Gasteiger partial charge in [0.25, 0.3) is 0 Å². The number of carbonyl (C=O) groups is 1. The van der Waals surface area contributed by atoms with Crippen LogP contribution in [0.25, 0.3) is 0 Å². The zero-order valence-corrected chi connectivity index (χ0v) is 12.4. The Hall–Kier alpha value is -1.20. The van der Waals surface area contributed by atoms with Gasteiger partial charge in [-0.2, -0.15) is 0 Å². The molecule has 5 nitrogen and oxygen atoms in total. The molecule has 20 heavy (non-hydrogen) atoms. The first-order chi connectivity index (χ1) is 9.45. The highest BCUT2D eigenvalue weighted by molar-refractivity contribution is 6.30. The number of aromatic nitrogens is 2. The smallest absolute Gasteiger partial charge is 0.308 e. The van der Waals surface area contributed by atoms with Crippen LogP contribution in [0.15, 0.2) is 12.4 Å². The van der Waals surface area contributed by atoms with Gasteiger partial charge >= 0.3 is 5.97 Å². The van der Waals surface area contributed by atoms with Gasteiger partial charge in [-0.1, -0.05) is 11.6 Å². The minimum absolute atomic E-state index is 0.0320. The van der Waals surface area contributed by atoms with Crippen molar-refractivity contribution in [2.45, 2.75) is 38.2 Å². The fraction of sp³-hybridized carbons (Fsp3) is 0.643. The second-order valence-electron chi connectivity index (χ2n) is 5.44. The molecule has 110 valence electrons. The van der Waals surface area contributed by atoms with Crippen molar-refractivity contribution in [3.8, 4) is 0 Å². The van der Waals surface area contributed by atoms with E-state index in [4.69, 9.17) is 16.3 Å². The normalized spacial score (nSPS) is 25.8. The molecule has 0 unspecified atom stereocenters. The van der Waals surface area contributed by atoms with Gasteiger partial charge in [-0.15, -0.1) is 0 Å². The lowest BCUT2D eigenvalue weighted by Gasteiger charge is -2.36. The van der Waals surface area contributed by atoms with Crippen LogP contribution in [0.3, 0.4) is 0 Å². The molecule has 1 aliphatic carbocycles. The van der Waals surface area contributed by atoms with E-state index in [1.54, 1.807) is 6.92 Å². The number of esters is 1. The minimum Gasteiger partial charge on any atom is -0.469 e. The van der Waals surface area contributed by atoms with E-state index in [2.05, 4.69) is 9.97 Å². The fourth-order valence-corrected chi connectivity index (χ4v) is 2.91. The van der Waals surface area contributed by atoms with Crippen LogP contribution in [0, 0.1) is 11.8 Å². The van der Waals surface area contributed by atoms with Gasteiger partial charge in [0.2, 0.25) is 0 Å². The van der Waals surface area contributed by atoms with E-state index in [9.17, 15) is 9.90 Å². The Bertz CT molecular complexity index is 468. The molecule has 1 atom stereocenters. The molecule has 0 saturated heterocycles. The van der Waals surface area contributed by atoms with E-state index in [0.717, 1.165) is 25.7 Å². The Morgan fingerprint density at radius 1 is 1.35 bits per heavy atom. The van der Waals surface area contributed by atoms with Crippen molar-refractivity contribution in [2.24, 2.45) is 11.8 Å². The molecule has 0 amide bonds. The lowest BCUT2D eigenvalue weighted by atomic mass is 9.74. The molecule has 1 aromatic rings. The second kappa shape index (κ2) is 6.06. The summed E-state index contributed by atoms with van der Waals surface area (Å²) in [6, 6.07) is 0. The standard InChI is InChI=1S/C14H19ClN2O3/c1-14(19,13-16-7-11(15)8-17-13)10-5-3-9(4-6-10)12(18)20-2/h7-10,19H,3-6H2,1-2H3/t9-,10-,14-/m1/s1. The summed E-state index contributed by atoms with van der Waals surface area (Å²) >= 11 is 5.76. The van der Waals surface area contributed by atoms with E-state index in [1.807, 2.05) is 0 Å². The third-order valence-corrected chi connectivity index (χ3v) is 4.32. The molecule has 1 heterocycles. The zero-order chi connectivity index (χ0) is 14.8. The molecule has 0 spiro atoms. The van der Waals surface area contributed by atoms with Crippen molar-refractivity contribution < 1.29 is 14.6 Å². The molecule has 1 fully saturated rings. The molecular formula is C14H19ClN2O3. The Morgan fingerprint density at radius 2 is 1.90 bits per heavy atom. The highest BCUT2D eigenvalue weighted by Gasteiger charge is 2.40. The van der Waals surface area contributed by atoms with Crippen LogP contribution in [0.5, 0.6) is 0 Å². The lowest BCUT2D eigenvalue weighted by Crippen LogP contribution is -2.37. The zero-order valence-electron chi connectivity index (χ0n) is 11.7. The summed E-state index contributed by atoms with van der Waals surface area (Å²) in [4.78, 5) is 19.7. The van der Waals surface area contributed by atoms with Gasteiger partial charge in [-0.05, 0) is 38.5 Å². The van der Waals surface area contributed by atoms with Crippen LogP contribution >= 0.6 is 11.6 Å². The average Bonchev–Trinajstić information content (AvgIpc) is 2.47. The Kier molecular flexibility index (Phi) is 4.60. The molecule has 2 rings (SSSR count). The van der Waals surface area contributed by atoms with Crippen molar-refractivity contribution in [3.63, 3.8) is 0 Å². The van der Waals surface area contributed by atoms with Gasteiger partial charge in [0.05, 0.1) is 18.1 Å². The van der Waals surface area contributed by atoms with Gasteiger partial charge in [-0.3, -0.25) is 4.79 Å². The number of halogens is 1. The predicted octanol–water partition coefficient (Wildman–Crippen LogP) is 2.32. The van der Waals surface area contributed by atoms with E-state index in [-0.39, 0.29) is 17.8 Å². The molecular weight excluding hydrogens is 280 g/mol. The topological polar surface area (TPSA) is 72.3 Å². The van der Waals surface area contributed by atoms with Crippen LogP contribution in [0.2, 0.25) is 5.02 Å². The van der Waals surface area contributed by atoms with E-state index < -0.39 is 5.60 Å². The number of methoxy groups -OCH3 is 1. The predicted molar refractivity (Wildman–Crippen MR) is 74.1 cm³/mol. The Labute approximate surface area is 123 Å². The summed E-state index contributed by atoms with van der Waals surface area (Å²) < 4.78 is 4.77. The largest absolute Gasteiger partial charge is 0.469 e. The quantitative estimate of drug-likeness (QED) is 0.867. The van der Waals surface area contributed by atoms with Crippen LogP contribution in [-0.2, 0) is 15.1 Å². The molecule has 1 aromatic heterocycles. The average molecular weight is 299 g/mol. The number of aliphatic hydroxyl groups is 1. The number of nitrogens with zero attached hydrogens (tertiary/aromatic N) is 2. The molecule has 1 saturated carbocycles. The first-order valence-electron chi connectivity index (χ1n) is 6.73. The van der Waals surface area contributed by atoms with Crippen molar-refractivity contribution in [1.82, 2.24) is 9.97 Å². The van der Waals surface area contributed by atoms with Crippen LogP contribution in [0.1, 0.15) is 38.4 Å². The molecule has 0 aromatic carbocycles. The summed E-state index contributed by atoms with van der Waals surface area (Å²) in [5, 5.41) is 11.1. The van der Waals surface area contributed by atoms with Crippen molar-refractivity contribution in [2.75, 3.05) is 7.11 Å². The number of ether oxygens (including phenoxy) is 1. The molecule has 1 N–H and O–H groups in total. The number of hydrogen-bond acceptors (Lipinski definition) is 5. The molecule has 0 aliphatic heterocycles. The van der Waals surface area contributed by atoms with Crippen LogP contribution in [0.4, 0.5) is 0 Å². The monoisotopic (exact) mass is 298 g/mol. The van der Waals surface area contributed by atoms with Crippen molar-refractivity contribution in [1.29, 1.82) is 0 Å². The van der Waals surface area contributed by atoms with Gasteiger partial charge in [0.1, 0.15) is 5.60 Å². The fourth-order valence-electron chi connectivity index (χ4n) is 2.81. The van der Waals surface area contributed by atoms with E-state index in [1.165, 1.54) is 19.5 Å². The summed E-state index contributed by atoms with van der Waals surface area (Å²) in [5.41, 5.74) is -1.11. The van der Waals surface area contributed by atoms with Crippen LogP contribution in [-0.4, -0.2) is 28.2 Å². The highest BCUT2D eigenvalue weighted by atomic mass is 35.5. The summed E-state index contributed by atoms with van der Waals surface area (Å²) in [6.45, 7) is 1.72. The van der Waals surface area contributed by atoms with Gasteiger partial charge < -0.3 is 9.84 Å². The van der Waals surface area contributed by atoms with Crippen molar-refractivity contribution in [3.05, 3.63) is 23.2 Å². The maximum absolute atomic E-state index is 11.5. The van der Waals surface area contributed by atoms with Gasteiger partial charge in [0, 0.05) is 12.4 Å². The Morgan fingerprint density at radius 3 is 2.40 bits per heavy atom. The maximum atomic E-state index is 11.5. The number of rotatable bonds is 3. The highest BCUT2D eigenvalue weighted by Crippen LogP contribution is 2.39. The summed E-state index contributed by atoms with van der Waals surface area (Å²) in [6.07, 6.45) is 5.91. The van der Waals surface area contributed by atoms with E-state index >= 15 is 0 Å². The van der Waals surface area contributed by atoms with Gasteiger partial charge in [-0.25, -0.2) is 9.97 Å². The first kappa shape index (κ1) is 15.2. The SMILES string of the molecule is COC(=O)[C@H]1CC[C@H]([C@@](C)(O)c2ncc(Cl)cn2)CC1. The summed E-state index contributed by atoms with van der Waals surface area (Å²) in [5.74, 6) is 0.192. The van der Waals surface area contributed by atoms with Crippen LogP contribution < -0.4 is 0 Å². The molecule has 6 heteroatoms. The number of hydrogen-bond donors (Lipinski definition) is 1. The van der Waals surface area contributed by atoms with Gasteiger partial charge in [0.15, 0.2) is 5.82 Å². The molecule has 0 radical (unpaired) electrons. The summed E-state index contributed by atoms with van der Waals surface area (Å²) in [7, 11) is 1.41. The number of carbonyl (C=O) groups excluding carboxylic acids is 1. The molecule has 0 bridgehead atoms. The van der Waals surface area contributed by atoms with E-state index in [0.29, 0.717) is 10.8 Å². The Balaban J connectivity index is 2.05. The van der Waals surface area contributed by atoms with Crippen molar-refractivity contribution >= 4 is 17.6 Å². The first-order valence-corrected chi connectivity index (χ1v) is 7.11. The third-order valence-electron chi connectivity index (χ3n) is 4.13. The minimum atomic E-state index is -1.11. The molecule has 1 aliphatic rings.